The second-order valence-corrected chi connectivity index (χ2v) is 6.64. The van der Waals surface area contributed by atoms with Gasteiger partial charge >= 0.3 is 0 Å². The van der Waals surface area contributed by atoms with Crippen molar-refractivity contribution in [2.45, 2.75) is 51.5 Å². The van der Waals surface area contributed by atoms with E-state index in [0.717, 1.165) is 18.2 Å². The maximum Gasteiger partial charge on any atom is 0.238 e. The molecule has 1 saturated carbocycles. The van der Waals surface area contributed by atoms with E-state index in [0.29, 0.717) is 12.6 Å². The molecule has 0 unspecified atom stereocenters. The Morgan fingerprint density at radius 1 is 1.24 bits per heavy atom. The number of benzene rings is 1. The molecule has 1 amide bonds. The fraction of sp³-hybridized carbons (Fsp3) is 0.611. The van der Waals surface area contributed by atoms with Crippen LogP contribution in [0.1, 0.15) is 44.1 Å². The van der Waals surface area contributed by atoms with Crippen LogP contribution in [0.25, 0.3) is 0 Å². The van der Waals surface area contributed by atoms with E-state index in [2.05, 4.69) is 10.2 Å². The van der Waals surface area contributed by atoms with Gasteiger partial charge in [-0.05, 0) is 62.8 Å². The Kier molecular flexibility index (Phi) is 4.59. The van der Waals surface area contributed by atoms with Gasteiger partial charge in [-0.2, -0.15) is 0 Å². The van der Waals surface area contributed by atoms with Crippen molar-refractivity contribution >= 4 is 11.6 Å². The van der Waals surface area contributed by atoms with Gasteiger partial charge < -0.3 is 5.32 Å². The first-order chi connectivity index (χ1) is 10.2. The molecule has 114 valence electrons. The second kappa shape index (κ2) is 6.61. The summed E-state index contributed by atoms with van der Waals surface area (Å²) in [4.78, 5) is 14.7. The Labute approximate surface area is 127 Å². The smallest absolute Gasteiger partial charge is 0.238 e. The van der Waals surface area contributed by atoms with Gasteiger partial charge in [-0.1, -0.05) is 25.0 Å². The van der Waals surface area contributed by atoms with E-state index in [1.54, 1.807) is 0 Å². The quantitative estimate of drug-likeness (QED) is 0.921. The van der Waals surface area contributed by atoms with Crippen LogP contribution in [0, 0.1) is 12.8 Å². The Bertz CT molecular complexity index is 498. The number of amides is 1. The molecular formula is C18H26N2O. The molecule has 2 fully saturated rings. The van der Waals surface area contributed by atoms with Crippen LogP contribution in [0.2, 0.25) is 0 Å². The van der Waals surface area contributed by atoms with Crippen molar-refractivity contribution < 1.29 is 4.79 Å². The molecule has 1 aliphatic carbocycles. The maximum atomic E-state index is 12.3. The third-order valence-corrected chi connectivity index (χ3v) is 5.01. The van der Waals surface area contributed by atoms with E-state index in [1.165, 1.54) is 44.1 Å². The topological polar surface area (TPSA) is 32.3 Å². The number of hydrogen-bond acceptors (Lipinski definition) is 2. The largest absolute Gasteiger partial charge is 0.325 e. The van der Waals surface area contributed by atoms with Crippen LogP contribution in [0.3, 0.4) is 0 Å². The zero-order valence-electron chi connectivity index (χ0n) is 13.0. The Hall–Kier alpha value is -1.35. The van der Waals surface area contributed by atoms with Crippen molar-refractivity contribution in [1.29, 1.82) is 0 Å². The molecule has 3 rings (SSSR count). The van der Waals surface area contributed by atoms with Gasteiger partial charge in [0.15, 0.2) is 0 Å². The Morgan fingerprint density at radius 3 is 2.90 bits per heavy atom. The zero-order valence-corrected chi connectivity index (χ0v) is 13.0. The Morgan fingerprint density at radius 2 is 2.05 bits per heavy atom. The molecule has 1 aliphatic heterocycles. The van der Waals surface area contributed by atoms with E-state index < -0.39 is 0 Å². The fourth-order valence-corrected chi connectivity index (χ4v) is 4.03. The number of carbonyl (C=O) groups is 1. The minimum atomic E-state index is 0.131. The highest BCUT2D eigenvalue weighted by atomic mass is 16.2. The first-order valence-electron chi connectivity index (χ1n) is 8.33. The molecule has 1 aromatic rings. The summed E-state index contributed by atoms with van der Waals surface area (Å²) in [6, 6.07) is 8.67. The van der Waals surface area contributed by atoms with Crippen molar-refractivity contribution in [2.75, 3.05) is 18.4 Å². The van der Waals surface area contributed by atoms with E-state index in [1.807, 2.05) is 31.2 Å². The first kappa shape index (κ1) is 14.6. The normalized spacial score (nSPS) is 26.1. The average Bonchev–Trinajstić information content (AvgIpc) is 2.47. The number of anilines is 1. The van der Waals surface area contributed by atoms with E-state index in [9.17, 15) is 4.79 Å². The van der Waals surface area contributed by atoms with Crippen LogP contribution in [0.4, 0.5) is 5.69 Å². The maximum absolute atomic E-state index is 12.3. The van der Waals surface area contributed by atoms with Gasteiger partial charge in [0.05, 0.1) is 6.54 Å². The molecule has 0 bridgehead atoms. The number of rotatable bonds is 3. The van der Waals surface area contributed by atoms with Crippen LogP contribution < -0.4 is 5.32 Å². The van der Waals surface area contributed by atoms with Crippen molar-refractivity contribution in [3.8, 4) is 0 Å². The number of piperidine rings is 1. The third kappa shape index (κ3) is 3.65. The van der Waals surface area contributed by atoms with E-state index in [-0.39, 0.29) is 5.91 Å². The predicted octanol–water partition coefficient (Wildman–Crippen LogP) is 3.59. The SMILES string of the molecule is Cc1cccc(NC(=O)CN2CCC[C@@H]3CCCC[C@@H]32)c1. The monoisotopic (exact) mass is 286 g/mol. The molecule has 2 aliphatic rings. The zero-order chi connectivity index (χ0) is 14.7. The highest BCUT2D eigenvalue weighted by Gasteiger charge is 2.33. The minimum absolute atomic E-state index is 0.131. The number of carbonyl (C=O) groups excluding carboxylic acids is 1. The van der Waals surface area contributed by atoms with Gasteiger partial charge in [-0.15, -0.1) is 0 Å². The summed E-state index contributed by atoms with van der Waals surface area (Å²) in [7, 11) is 0. The molecule has 0 radical (unpaired) electrons. The highest BCUT2D eigenvalue weighted by Crippen LogP contribution is 2.35. The van der Waals surface area contributed by atoms with Crippen LogP contribution in [-0.2, 0) is 4.79 Å². The number of nitrogens with zero attached hydrogens (tertiary/aromatic N) is 1. The van der Waals surface area contributed by atoms with Crippen LogP contribution in [0.15, 0.2) is 24.3 Å². The van der Waals surface area contributed by atoms with Crippen LogP contribution in [0.5, 0.6) is 0 Å². The summed E-state index contributed by atoms with van der Waals surface area (Å²) in [6.45, 7) is 3.68. The van der Waals surface area contributed by atoms with Crippen LogP contribution >= 0.6 is 0 Å². The molecule has 1 aromatic carbocycles. The number of nitrogens with one attached hydrogen (secondary N) is 1. The van der Waals surface area contributed by atoms with Crippen molar-refractivity contribution in [1.82, 2.24) is 4.90 Å². The lowest BCUT2D eigenvalue weighted by Crippen LogP contribution is -2.49. The molecule has 3 heteroatoms. The molecule has 2 atom stereocenters. The summed E-state index contributed by atoms with van der Waals surface area (Å²) < 4.78 is 0. The second-order valence-electron chi connectivity index (χ2n) is 6.64. The average molecular weight is 286 g/mol. The standard InChI is InChI=1S/C18H26N2O/c1-14-6-4-9-16(12-14)19-18(21)13-20-11-5-8-15-7-2-3-10-17(15)20/h4,6,9,12,15,17H,2-3,5,7-8,10-11,13H2,1H3,(H,19,21)/t15-,17-/m0/s1. The van der Waals surface area contributed by atoms with E-state index >= 15 is 0 Å². The molecule has 1 heterocycles. The summed E-state index contributed by atoms with van der Waals surface area (Å²) in [6.07, 6.45) is 7.96. The Balaban J connectivity index is 1.58. The van der Waals surface area contributed by atoms with Gasteiger partial charge in [-0.25, -0.2) is 0 Å². The molecule has 0 spiro atoms. The first-order valence-corrected chi connectivity index (χ1v) is 8.33. The van der Waals surface area contributed by atoms with Gasteiger partial charge in [0.25, 0.3) is 0 Å². The van der Waals surface area contributed by atoms with Gasteiger partial charge in [-0.3, -0.25) is 9.69 Å². The van der Waals surface area contributed by atoms with E-state index in [4.69, 9.17) is 0 Å². The molecule has 21 heavy (non-hydrogen) atoms. The summed E-state index contributed by atoms with van der Waals surface area (Å²) in [5, 5.41) is 3.04. The molecule has 0 aromatic heterocycles. The summed E-state index contributed by atoms with van der Waals surface area (Å²) in [5.41, 5.74) is 2.09. The van der Waals surface area contributed by atoms with Crippen molar-refractivity contribution in [3.05, 3.63) is 29.8 Å². The molecule has 1 saturated heterocycles. The predicted molar refractivity (Wildman–Crippen MR) is 86.4 cm³/mol. The fourth-order valence-electron chi connectivity index (χ4n) is 4.03. The third-order valence-electron chi connectivity index (χ3n) is 5.01. The molecule has 1 N–H and O–H groups in total. The lowest BCUT2D eigenvalue weighted by molar-refractivity contribution is -0.118. The van der Waals surface area contributed by atoms with Gasteiger partial charge in [0.1, 0.15) is 0 Å². The molecular weight excluding hydrogens is 260 g/mol. The molecule has 3 nitrogen and oxygen atoms in total. The highest BCUT2D eigenvalue weighted by molar-refractivity contribution is 5.92. The van der Waals surface area contributed by atoms with Crippen LogP contribution in [-0.4, -0.2) is 29.9 Å². The number of aryl methyl sites for hydroxylation is 1. The lowest BCUT2D eigenvalue weighted by atomic mass is 9.78. The summed E-state index contributed by atoms with van der Waals surface area (Å²) >= 11 is 0. The lowest BCUT2D eigenvalue weighted by Gasteiger charge is -2.43. The minimum Gasteiger partial charge on any atom is -0.325 e. The van der Waals surface area contributed by atoms with Crippen molar-refractivity contribution in [2.24, 2.45) is 5.92 Å². The van der Waals surface area contributed by atoms with Gasteiger partial charge in [0, 0.05) is 11.7 Å². The number of fused-ring (bicyclic) bond motifs is 1. The van der Waals surface area contributed by atoms with Gasteiger partial charge in [0.2, 0.25) is 5.91 Å². The summed E-state index contributed by atoms with van der Waals surface area (Å²) in [5.74, 6) is 0.964. The number of likely N-dealkylation sites (tertiary alicyclic amines) is 1. The van der Waals surface area contributed by atoms with Crippen molar-refractivity contribution in [3.63, 3.8) is 0 Å². The number of hydrogen-bond donors (Lipinski definition) is 1.